The zero-order valence-electron chi connectivity index (χ0n) is 17.5. The van der Waals surface area contributed by atoms with Crippen LogP contribution in [0, 0.1) is 0 Å². The molecular weight excluding hydrogens is 378 g/mol. The van der Waals surface area contributed by atoms with Gasteiger partial charge in [-0.3, -0.25) is 4.79 Å². The first-order valence-electron chi connectivity index (χ1n) is 11.1. The molecule has 4 rings (SSSR count). The van der Waals surface area contributed by atoms with E-state index in [1.165, 1.54) is 25.7 Å². The number of nitrogens with one attached hydrogen (secondary N) is 1. The molecule has 1 aromatic heterocycles. The van der Waals surface area contributed by atoms with Crippen molar-refractivity contribution in [2.24, 2.45) is 0 Å². The molecule has 0 aliphatic carbocycles. The lowest BCUT2D eigenvalue weighted by Gasteiger charge is -2.21. The highest BCUT2D eigenvalue weighted by Gasteiger charge is 2.16. The van der Waals surface area contributed by atoms with E-state index in [0.717, 1.165) is 49.7 Å². The Balaban J connectivity index is 1.24. The fourth-order valence-electron chi connectivity index (χ4n) is 3.96. The third kappa shape index (κ3) is 5.72. The lowest BCUT2D eigenvalue weighted by atomic mass is 10.2. The molecule has 1 atom stereocenters. The van der Waals surface area contributed by atoms with Crippen molar-refractivity contribution in [3.05, 3.63) is 53.7 Å². The average molecular weight is 410 g/mol. The molecule has 2 aromatic rings. The predicted octanol–water partition coefficient (Wildman–Crippen LogP) is 3.95. The van der Waals surface area contributed by atoms with Crippen LogP contribution in [0.2, 0.25) is 0 Å². The summed E-state index contributed by atoms with van der Waals surface area (Å²) < 4.78 is 11.3. The van der Waals surface area contributed by atoms with Crippen molar-refractivity contribution in [2.45, 2.75) is 51.2 Å². The summed E-state index contributed by atoms with van der Waals surface area (Å²) in [5.74, 6) is 1.69. The Bertz CT molecular complexity index is 793. The molecule has 0 radical (unpaired) electrons. The van der Waals surface area contributed by atoms with E-state index in [0.29, 0.717) is 18.7 Å². The van der Waals surface area contributed by atoms with E-state index in [4.69, 9.17) is 9.47 Å². The summed E-state index contributed by atoms with van der Waals surface area (Å²) in [7, 11) is 0. The van der Waals surface area contributed by atoms with Gasteiger partial charge < -0.3 is 19.7 Å². The van der Waals surface area contributed by atoms with Crippen LogP contribution in [0.3, 0.4) is 0 Å². The van der Waals surface area contributed by atoms with Crippen LogP contribution >= 0.6 is 0 Å². The van der Waals surface area contributed by atoms with Crippen molar-refractivity contribution in [2.75, 3.05) is 31.2 Å². The second kappa shape index (κ2) is 10.4. The Morgan fingerprint density at radius 3 is 2.53 bits per heavy atom. The maximum atomic E-state index is 12.4. The van der Waals surface area contributed by atoms with Gasteiger partial charge in [-0.15, -0.1) is 0 Å². The smallest absolute Gasteiger partial charge is 0.251 e. The molecule has 1 N–H and O–H groups in total. The van der Waals surface area contributed by atoms with Crippen molar-refractivity contribution in [1.29, 1.82) is 0 Å². The van der Waals surface area contributed by atoms with E-state index in [9.17, 15) is 4.79 Å². The van der Waals surface area contributed by atoms with Crippen LogP contribution in [0.15, 0.2) is 42.6 Å². The zero-order chi connectivity index (χ0) is 20.6. The highest BCUT2D eigenvalue weighted by atomic mass is 16.5. The van der Waals surface area contributed by atoms with Gasteiger partial charge in [-0.1, -0.05) is 18.9 Å². The van der Waals surface area contributed by atoms with E-state index in [1.54, 1.807) is 12.1 Å². The van der Waals surface area contributed by atoms with Gasteiger partial charge in [-0.05, 0) is 61.6 Å². The first-order valence-corrected chi connectivity index (χ1v) is 11.1. The van der Waals surface area contributed by atoms with Crippen LogP contribution in [-0.4, -0.2) is 43.3 Å². The van der Waals surface area contributed by atoms with Crippen molar-refractivity contribution in [3.8, 4) is 5.75 Å². The van der Waals surface area contributed by atoms with E-state index < -0.39 is 0 Å². The summed E-state index contributed by atoms with van der Waals surface area (Å²) in [5.41, 5.74) is 1.62. The SMILES string of the molecule is O=C(NCc1ccc(N2CCCCCC2)nc1)c1ccc(OCC2CCCO2)cc1. The lowest BCUT2D eigenvalue weighted by Crippen LogP contribution is -2.25. The van der Waals surface area contributed by atoms with Crippen LogP contribution in [0.5, 0.6) is 5.75 Å². The standard InChI is InChI=1S/C24H31N3O3/c28-24(20-8-10-21(11-9-20)30-18-22-6-5-15-29-22)26-17-19-7-12-23(25-16-19)27-13-3-1-2-4-14-27/h7-12,16,22H,1-6,13-15,17-18H2,(H,26,28). The maximum absolute atomic E-state index is 12.4. The van der Waals surface area contributed by atoms with Gasteiger partial charge in [0.05, 0.1) is 6.10 Å². The Kier molecular flexibility index (Phi) is 7.19. The van der Waals surface area contributed by atoms with Gasteiger partial charge in [0.2, 0.25) is 0 Å². The van der Waals surface area contributed by atoms with E-state index in [-0.39, 0.29) is 12.0 Å². The van der Waals surface area contributed by atoms with Crippen LogP contribution in [0.1, 0.15) is 54.4 Å². The molecule has 1 unspecified atom stereocenters. The van der Waals surface area contributed by atoms with Crippen molar-refractivity contribution in [1.82, 2.24) is 10.3 Å². The molecule has 30 heavy (non-hydrogen) atoms. The van der Waals surface area contributed by atoms with Gasteiger partial charge in [0.25, 0.3) is 5.91 Å². The van der Waals surface area contributed by atoms with Gasteiger partial charge in [0.15, 0.2) is 0 Å². The number of amides is 1. The summed E-state index contributed by atoms with van der Waals surface area (Å²) in [6.45, 7) is 4.01. The highest BCUT2D eigenvalue weighted by Crippen LogP contribution is 2.18. The summed E-state index contributed by atoms with van der Waals surface area (Å²) >= 11 is 0. The monoisotopic (exact) mass is 409 g/mol. The zero-order valence-corrected chi connectivity index (χ0v) is 17.5. The number of ether oxygens (including phenoxy) is 2. The van der Waals surface area contributed by atoms with Gasteiger partial charge in [0.1, 0.15) is 18.2 Å². The Morgan fingerprint density at radius 1 is 1.07 bits per heavy atom. The second-order valence-corrected chi connectivity index (χ2v) is 8.08. The van der Waals surface area contributed by atoms with Crippen molar-refractivity contribution < 1.29 is 14.3 Å². The molecule has 2 aliphatic rings. The predicted molar refractivity (Wildman–Crippen MR) is 117 cm³/mol. The summed E-state index contributed by atoms with van der Waals surface area (Å²) in [6, 6.07) is 11.4. The number of nitrogens with zero attached hydrogens (tertiary/aromatic N) is 2. The van der Waals surface area contributed by atoms with E-state index in [1.807, 2.05) is 18.3 Å². The second-order valence-electron chi connectivity index (χ2n) is 8.08. The van der Waals surface area contributed by atoms with Gasteiger partial charge >= 0.3 is 0 Å². The third-order valence-corrected chi connectivity index (χ3v) is 5.77. The van der Waals surface area contributed by atoms with Crippen molar-refractivity contribution in [3.63, 3.8) is 0 Å². The molecule has 0 bridgehead atoms. The van der Waals surface area contributed by atoms with E-state index >= 15 is 0 Å². The molecule has 0 saturated carbocycles. The fourth-order valence-corrected chi connectivity index (χ4v) is 3.96. The van der Waals surface area contributed by atoms with Gasteiger partial charge in [-0.2, -0.15) is 0 Å². The molecule has 160 valence electrons. The Labute approximate surface area is 178 Å². The number of aromatic nitrogens is 1. The molecule has 2 aliphatic heterocycles. The molecular formula is C24H31N3O3. The molecule has 2 saturated heterocycles. The van der Waals surface area contributed by atoms with Crippen LogP contribution in [-0.2, 0) is 11.3 Å². The van der Waals surface area contributed by atoms with E-state index in [2.05, 4.69) is 27.3 Å². The number of hydrogen-bond donors (Lipinski definition) is 1. The largest absolute Gasteiger partial charge is 0.491 e. The molecule has 1 amide bonds. The third-order valence-electron chi connectivity index (χ3n) is 5.77. The molecule has 1 aromatic carbocycles. The summed E-state index contributed by atoms with van der Waals surface area (Å²) in [5, 5.41) is 2.97. The molecule has 0 spiro atoms. The van der Waals surface area contributed by atoms with Crippen LogP contribution in [0.4, 0.5) is 5.82 Å². The molecule has 6 nitrogen and oxygen atoms in total. The maximum Gasteiger partial charge on any atom is 0.251 e. The minimum atomic E-state index is -0.0997. The minimum absolute atomic E-state index is 0.0997. The van der Waals surface area contributed by atoms with Crippen molar-refractivity contribution >= 4 is 11.7 Å². The molecule has 3 heterocycles. The number of hydrogen-bond acceptors (Lipinski definition) is 5. The highest BCUT2D eigenvalue weighted by molar-refractivity contribution is 5.94. The quantitative estimate of drug-likeness (QED) is 0.750. The Hall–Kier alpha value is -2.60. The normalized spacial score (nSPS) is 19.3. The summed E-state index contributed by atoms with van der Waals surface area (Å²) in [4.78, 5) is 19.4. The number of pyridine rings is 1. The van der Waals surface area contributed by atoms with Crippen LogP contribution in [0.25, 0.3) is 0 Å². The number of carbonyl (C=O) groups is 1. The molecule has 6 heteroatoms. The number of anilines is 1. The summed E-state index contributed by atoms with van der Waals surface area (Å²) in [6.07, 6.45) is 9.29. The number of carbonyl (C=O) groups excluding carboxylic acids is 1. The number of benzene rings is 1. The fraction of sp³-hybridized carbons (Fsp3) is 0.500. The number of rotatable bonds is 7. The molecule has 2 fully saturated rings. The van der Waals surface area contributed by atoms with Gasteiger partial charge in [0, 0.05) is 38.0 Å². The minimum Gasteiger partial charge on any atom is -0.491 e. The first-order chi connectivity index (χ1) is 14.8. The Morgan fingerprint density at radius 2 is 1.87 bits per heavy atom. The van der Waals surface area contributed by atoms with Crippen LogP contribution < -0.4 is 15.0 Å². The topological polar surface area (TPSA) is 63.7 Å². The lowest BCUT2D eigenvalue weighted by molar-refractivity contribution is 0.0679. The first kappa shape index (κ1) is 20.7. The average Bonchev–Trinajstić information content (AvgIpc) is 3.17. The van der Waals surface area contributed by atoms with Gasteiger partial charge in [-0.25, -0.2) is 4.98 Å².